The lowest BCUT2D eigenvalue weighted by Gasteiger charge is -2.31. The van der Waals surface area contributed by atoms with E-state index in [0.29, 0.717) is 23.3 Å². The van der Waals surface area contributed by atoms with Crippen molar-refractivity contribution in [1.82, 2.24) is 0 Å². The van der Waals surface area contributed by atoms with Crippen molar-refractivity contribution in [3.05, 3.63) is 59.7 Å². The van der Waals surface area contributed by atoms with Crippen molar-refractivity contribution in [3.63, 3.8) is 0 Å². The zero-order valence-corrected chi connectivity index (χ0v) is 15.6. The van der Waals surface area contributed by atoms with Crippen LogP contribution in [0.2, 0.25) is 0 Å². The van der Waals surface area contributed by atoms with Crippen LogP contribution in [-0.4, -0.2) is 0 Å². The number of nitriles is 2. The quantitative estimate of drug-likeness (QED) is 0.681. The van der Waals surface area contributed by atoms with Gasteiger partial charge in [0.15, 0.2) is 0 Å². The molecule has 0 spiro atoms. The Labute approximate surface area is 165 Å². The fourth-order valence-electron chi connectivity index (χ4n) is 6.42. The van der Waals surface area contributed by atoms with E-state index in [2.05, 4.69) is 24.3 Å². The third-order valence-electron chi connectivity index (χ3n) is 7.45. The first-order valence-electron chi connectivity index (χ1n) is 10.1. The summed E-state index contributed by atoms with van der Waals surface area (Å²) >= 11 is 0. The molecule has 5 rings (SSSR count). The zero-order valence-electron chi connectivity index (χ0n) is 15.6. The number of fused-ring (bicyclic) bond motifs is 5. The fraction of sp³-hybridized carbons (Fsp3) is 0.417. The molecule has 0 heterocycles. The van der Waals surface area contributed by atoms with Crippen molar-refractivity contribution < 1.29 is 9.47 Å². The molecule has 0 radical (unpaired) electrons. The lowest BCUT2D eigenvalue weighted by Crippen LogP contribution is -2.23. The topological polar surface area (TPSA) is 66.0 Å². The predicted molar refractivity (Wildman–Crippen MR) is 103 cm³/mol. The number of rotatable bonds is 4. The Kier molecular flexibility index (Phi) is 4.21. The second-order valence-corrected chi connectivity index (χ2v) is 8.52. The molecule has 2 aromatic rings. The van der Waals surface area contributed by atoms with Crippen molar-refractivity contribution in [2.75, 3.05) is 0 Å². The maximum Gasteiger partial charge on any atom is 0.292 e. The molecule has 4 nitrogen and oxygen atoms in total. The molecule has 28 heavy (non-hydrogen) atoms. The molecule has 140 valence electrons. The molecule has 3 aliphatic carbocycles. The van der Waals surface area contributed by atoms with Gasteiger partial charge in [-0.25, -0.2) is 0 Å². The van der Waals surface area contributed by atoms with Gasteiger partial charge in [-0.1, -0.05) is 24.3 Å². The Morgan fingerprint density at radius 1 is 0.643 bits per heavy atom. The molecular formula is C24H22N2O2. The minimum absolute atomic E-state index is 0.619. The molecule has 2 bridgehead atoms. The first-order valence-corrected chi connectivity index (χ1v) is 10.1. The zero-order chi connectivity index (χ0) is 19.1. The number of nitrogens with zero attached hydrogens (tertiary/aromatic N) is 2. The normalized spacial score (nSPS) is 32.4. The monoisotopic (exact) mass is 370 g/mol. The van der Waals surface area contributed by atoms with Crippen LogP contribution in [0.4, 0.5) is 0 Å². The van der Waals surface area contributed by atoms with E-state index < -0.39 is 0 Å². The maximum absolute atomic E-state index is 8.66. The average Bonchev–Trinajstić information content (AvgIpc) is 3.42. The summed E-state index contributed by atoms with van der Waals surface area (Å²) < 4.78 is 9.83. The van der Waals surface area contributed by atoms with Crippen LogP contribution in [0.25, 0.3) is 0 Å². The minimum atomic E-state index is 0.619. The predicted octanol–water partition coefficient (Wildman–Crippen LogP) is 5.34. The van der Waals surface area contributed by atoms with Crippen LogP contribution in [0.15, 0.2) is 48.5 Å². The summed E-state index contributed by atoms with van der Waals surface area (Å²) in [6.45, 7) is 0. The summed E-state index contributed by atoms with van der Waals surface area (Å²) in [6.07, 6.45) is 8.71. The van der Waals surface area contributed by atoms with E-state index in [9.17, 15) is 0 Å². The molecule has 0 unspecified atom stereocenters. The number of benzene rings is 2. The lowest BCUT2D eigenvalue weighted by atomic mass is 9.73. The van der Waals surface area contributed by atoms with E-state index in [1.165, 1.54) is 36.8 Å². The van der Waals surface area contributed by atoms with Gasteiger partial charge in [0.05, 0.1) is 0 Å². The molecule has 6 atom stereocenters. The SMILES string of the molecule is N#COc1ccc([C@@H]2C[C@H]3[C@H](C2)[C@H]2C[C@@H]3[C@@H](c3ccc(OC#N)cc3)C2)cc1. The number of hydrogen-bond acceptors (Lipinski definition) is 4. The van der Waals surface area contributed by atoms with Gasteiger partial charge in [0, 0.05) is 0 Å². The van der Waals surface area contributed by atoms with E-state index in [4.69, 9.17) is 20.0 Å². The standard InChI is InChI=1S/C24H22N2O2/c25-13-27-19-5-1-15(2-6-19)17-9-22-18-11-21(24(12-18)23(22)10-17)16-3-7-20(8-4-16)28-14-26/h1-8,17-18,21-24H,9-12H2/t17-,18+,21+,22+,23-,24+/m0/s1. The maximum atomic E-state index is 8.66. The van der Waals surface area contributed by atoms with Crippen molar-refractivity contribution >= 4 is 0 Å². The summed E-state index contributed by atoms with van der Waals surface area (Å²) in [5.74, 6) is 5.83. The minimum Gasteiger partial charge on any atom is -0.388 e. The molecule has 0 aromatic heterocycles. The van der Waals surface area contributed by atoms with Crippen molar-refractivity contribution in [3.8, 4) is 24.0 Å². The third-order valence-corrected chi connectivity index (χ3v) is 7.45. The van der Waals surface area contributed by atoms with Crippen LogP contribution in [0.5, 0.6) is 11.5 Å². The Bertz CT molecular complexity index is 939. The molecule has 3 fully saturated rings. The molecule has 3 aliphatic rings. The lowest BCUT2D eigenvalue weighted by molar-refractivity contribution is 0.232. The van der Waals surface area contributed by atoms with E-state index in [1.54, 1.807) is 12.5 Å². The third kappa shape index (κ3) is 2.81. The summed E-state index contributed by atoms with van der Waals surface area (Å²) in [6, 6.07) is 16.2. The summed E-state index contributed by atoms with van der Waals surface area (Å²) in [5, 5.41) is 17.3. The van der Waals surface area contributed by atoms with Crippen molar-refractivity contribution in [1.29, 1.82) is 10.5 Å². The second kappa shape index (κ2) is 6.88. The van der Waals surface area contributed by atoms with E-state index >= 15 is 0 Å². The van der Waals surface area contributed by atoms with Crippen LogP contribution in [-0.2, 0) is 0 Å². The van der Waals surface area contributed by atoms with Gasteiger partial charge in [-0.05, 0) is 96.6 Å². The Morgan fingerprint density at radius 3 is 1.82 bits per heavy atom. The molecule has 0 N–H and O–H groups in total. The molecule has 0 saturated heterocycles. The van der Waals surface area contributed by atoms with Gasteiger partial charge in [-0.3, -0.25) is 0 Å². The van der Waals surface area contributed by atoms with Gasteiger partial charge in [-0.2, -0.15) is 0 Å². The average molecular weight is 370 g/mol. The van der Waals surface area contributed by atoms with E-state index in [1.807, 2.05) is 24.3 Å². The van der Waals surface area contributed by atoms with Gasteiger partial charge in [0.1, 0.15) is 11.5 Å². The highest BCUT2D eigenvalue weighted by Crippen LogP contribution is 2.65. The highest BCUT2D eigenvalue weighted by atomic mass is 16.5. The van der Waals surface area contributed by atoms with E-state index in [-0.39, 0.29) is 0 Å². The largest absolute Gasteiger partial charge is 0.388 e. The van der Waals surface area contributed by atoms with E-state index in [0.717, 1.165) is 23.7 Å². The van der Waals surface area contributed by atoms with Gasteiger partial charge < -0.3 is 9.47 Å². The van der Waals surface area contributed by atoms with Crippen LogP contribution >= 0.6 is 0 Å². The highest BCUT2D eigenvalue weighted by molar-refractivity contribution is 5.34. The Hall–Kier alpha value is -2.98. The molecule has 4 heteroatoms. The first-order chi connectivity index (χ1) is 13.8. The van der Waals surface area contributed by atoms with Gasteiger partial charge in [0.25, 0.3) is 12.5 Å². The van der Waals surface area contributed by atoms with Crippen molar-refractivity contribution in [2.45, 2.75) is 37.5 Å². The van der Waals surface area contributed by atoms with Crippen LogP contribution in [0.3, 0.4) is 0 Å². The molecule has 0 aliphatic heterocycles. The van der Waals surface area contributed by atoms with Crippen LogP contribution in [0, 0.1) is 46.7 Å². The second-order valence-electron chi connectivity index (χ2n) is 8.52. The van der Waals surface area contributed by atoms with Crippen LogP contribution < -0.4 is 9.47 Å². The molecule has 3 saturated carbocycles. The van der Waals surface area contributed by atoms with Crippen molar-refractivity contribution in [2.24, 2.45) is 23.7 Å². The molecular weight excluding hydrogens is 348 g/mol. The number of hydrogen-bond donors (Lipinski definition) is 0. The summed E-state index contributed by atoms with van der Waals surface area (Å²) in [7, 11) is 0. The Morgan fingerprint density at radius 2 is 1.21 bits per heavy atom. The van der Waals surface area contributed by atoms with Gasteiger partial charge in [0.2, 0.25) is 0 Å². The molecule has 0 amide bonds. The molecule has 2 aromatic carbocycles. The van der Waals surface area contributed by atoms with Gasteiger partial charge in [-0.15, -0.1) is 10.5 Å². The summed E-state index contributed by atoms with van der Waals surface area (Å²) in [5.41, 5.74) is 2.78. The Balaban J connectivity index is 1.30. The van der Waals surface area contributed by atoms with Crippen LogP contribution in [0.1, 0.15) is 48.6 Å². The van der Waals surface area contributed by atoms with Gasteiger partial charge >= 0.3 is 0 Å². The smallest absolute Gasteiger partial charge is 0.292 e. The summed E-state index contributed by atoms with van der Waals surface area (Å²) in [4.78, 5) is 0. The first kappa shape index (κ1) is 17.1. The number of ether oxygens (including phenoxy) is 2. The highest BCUT2D eigenvalue weighted by Gasteiger charge is 2.56. The fourth-order valence-corrected chi connectivity index (χ4v) is 6.42.